The molecule has 1 heterocycles. The molecule has 2 N–H and O–H groups in total. The smallest absolute Gasteiger partial charge is 0.328 e. The predicted octanol–water partition coefficient (Wildman–Crippen LogP) is 3.21. The second kappa shape index (κ2) is 4.70. The minimum atomic E-state index is -0.927. The molecular formula is C14H13NO2. The minimum absolute atomic E-state index is 0.705. The molecule has 1 aromatic carbocycles. The highest BCUT2D eigenvalue weighted by atomic mass is 16.4. The summed E-state index contributed by atoms with van der Waals surface area (Å²) in [4.78, 5) is 13.7. The predicted molar refractivity (Wildman–Crippen MR) is 68.7 cm³/mol. The molecule has 0 radical (unpaired) electrons. The summed E-state index contributed by atoms with van der Waals surface area (Å²) in [5.74, 6) is -0.927. The number of carboxylic acid groups (broad SMARTS) is 1. The fraction of sp³-hybridized carbons (Fsp3) is 0.0714. The first-order valence-electron chi connectivity index (χ1n) is 5.32. The van der Waals surface area contributed by atoms with Crippen LogP contribution >= 0.6 is 0 Å². The summed E-state index contributed by atoms with van der Waals surface area (Å²) in [7, 11) is 0. The lowest BCUT2D eigenvalue weighted by molar-refractivity contribution is -0.131. The van der Waals surface area contributed by atoms with Crippen LogP contribution in [0.15, 0.2) is 48.1 Å². The zero-order valence-electron chi connectivity index (χ0n) is 9.47. The standard InChI is InChI=1S/C14H13NO2/c1-10(8-14(16)17)6-7-12-9-11-4-2-3-5-13(11)15-12/h2-9,15H,1H3,(H,16,17)/b7-6+,10-8-. The average molecular weight is 227 g/mol. The monoisotopic (exact) mass is 227 g/mol. The van der Waals surface area contributed by atoms with Crippen molar-refractivity contribution in [2.24, 2.45) is 0 Å². The van der Waals surface area contributed by atoms with Gasteiger partial charge in [-0.2, -0.15) is 0 Å². The highest BCUT2D eigenvalue weighted by molar-refractivity contribution is 5.83. The number of H-pyrrole nitrogens is 1. The first-order valence-corrected chi connectivity index (χ1v) is 5.32. The van der Waals surface area contributed by atoms with Crippen molar-refractivity contribution in [2.45, 2.75) is 6.92 Å². The molecule has 0 amide bonds. The molecule has 0 aliphatic heterocycles. The molecule has 0 bridgehead atoms. The highest BCUT2D eigenvalue weighted by Crippen LogP contribution is 2.15. The molecule has 2 rings (SSSR count). The van der Waals surface area contributed by atoms with Gasteiger partial charge in [0.1, 0.15) is 0 Å². The van der Waals surface area contributed by atoms with Gasteiger partial charge >= 0.3 is 5.97 Å². The van der Waals surface area contributed by atoms with Gasteiger partial charge in [0.2, 0.25) is 0 Å². The molecule has 0 unspecified atom stereocenters. The van der Waals surface area contributed by atoms with Crippen LogP contribution in [0.3, 0.4) is 0 Å². The third-order valence-electron chi connectivity index (χ3n) is 2.43. The number of benzene rings is 1. The Balaban J connectivity index is 2.24. The number of nitrogens with one attached hydrogen (secondary N) is 1. The number of para-hydroxylation sites is 1. The van der Waals surface area contributed by atoms with Crippen LogP contribution in [0.1, 0.15) is 12.6 Å². The number of hydrogen-bond acceptors (Lipinski definition) is 1. The first-order chi connectivity index (χ1) is 8.15. The van der Waals surface area contributed by atoms with E-state index in [0.29, 0.717) is 5.57 Å². The Morgan fingerprint density at radius 2 is 2.12 bits per heavy atom. The summed E-state index contributed by atoms with van der Waals surface area (Å²) in [6, 6.07) is 10.0. The lowest BCUT2D eigenvalue weighted by atomic mass is 10.2. The number of aromatic nitrogens is 1. The third kappa shape index (κ3) is 2.84. The topological polar surface area (TPSA) is 53.1 Å². The molecule has 3 nitrogen and oxygen atoms in total. The van der Waals surface area contributed by atoms with Crippen LogP contribution in [0.5, 0.6) is 0 Å². The van der Waals surface area contributed by atoms with Gasteiger partial charge in [-0.05, 0) is 36.1 Å². The van der Waals surface area contributed by atoms with Crippen LogP contribution in [0.25, 0.3) is 17.0 Å². The molecule has 3 heteroatoms. The third-order valence-corrected chi connectivity index (χ3v) is 2.43. The van der Waals surface area contributed by atoms with Crippen LogP contribution in [-0.2, 0) is 4.79 Å². The maximum absolute atomic E-state index is 10.4. The molecular weight excluding hydrogens is 214 g/mol. The summed E-state index contributed by atoms with van der Waals surface area (Å²) >= 11 is 0. The lowest BCUT2D eigenvalue weighted by Gasteiger charge is -1.89. The number of rotatable bonds is 3. The van der Waals surface area contributed by atoms with Crippen LogP contribution in [0, 0.1) is 0 Å². The summed E-state index contributed by atoms with van der Waals surface area (Å²) in [6.45, 7) is 1.76. The van der Waals surface area contributed by atoms with Crippen molar-refractivity contribution >= 4 is 22.9 Å². The molecule has 86 valence electrons. The van der Waals surface area contributed by atoms with E-state index in [9.17, 15) is 4.79 Å². The molecule has 1 aromatic heterocycles. The second-order valence-corrected chi connectivity index (χ2v) is 3.87. The van der Waals surface area contributed by atoms with Gasteiger partial charge in [-0.25, -0.2) is 4.79 Å². The van der Waals surface area contributed by atoms with Crippen molar-refractivity contribution < 1.29 is 9.90 Å². The van der Waals surface area contributed by atoms with Crippen molar-refractivity contribution in [1.82, 2.24) is 4.98 Å². The largest absolute Gasteiger partial charge is 0.478 e. The lowest BCUT2D eigenvalue weighted by Crippen LogP contribution is -1.87. The Hall–Kier alpha value is -2.29. The quantitative estimate of drug-likeness (QED) is 0.625. The van der Waals surface area contributed by atoms with Gasteiger partial charge in [0.15, 0.2) is 0 Å². The molecule has 0 saturated carbocycles. The van der Waals surface area contributed by atoms with Gasteiger partial charge in [0.05, 0.1) is 0 Å². The van der Waals surface area contributed by atoms with Gasteiger partial charge in [0.25, 0.3) is 0 Å². The van der Waals surface area contributed by atoms with E-state index in [1.165, 1.54) is 6.08 Å². The fourth-order valence-corrected chi connectivity index (χ4v) is 1.65. The number of carboxylic acids is 1. The van der Waals surface area contributed by atoms with Crippen molar-refractivity contribution in [3.63, 3.8) is 0 Å². The molecule has 0 atom stereocenters. The van der Waals surface area contributed by atoms with E-state index >= 15 is 0 Å². The summed E-state index contributed by atoms with van der Waals surface area (Å²) < 4.78 is 0. The van der Waals surface area contributed by atoms with Gasteiger partial charge in [-0.15, -0.1) is 0 Å². The van der Waals surface area contributed by atoms with E-state index in [1.807, 2.05) is 36.4 Å². The van der Waals surface area contributed by atoms with Crippen molar-refractivity contribution in [1.29, 1.82) is 0 Å². The van der Waals surface area contributed by atoms with Gasteiger partial charge in [-0.3, -0.25) is 0 Å². The Labute approximate surface area is 99.1 Å². The SMILES string of the molecule is CC(=C/C(=O)O)/C=C/c1cc2ccccc2[nH]1. The highest BCUT2D eigenvalue weighted by Gasteiger charge is 1.96. The number of aliphatic carboxylic acids is 1. The van der Waals surface area contributed by atoms with Crippen LogP contribution in [0.4, 0.5) is 0 Å². The number of aromatic amines is 1. The summed E-state index contributed by atoms with van der Waals surface area (Å²) in [5, 5.41) is 9.72. The van der Waals surface area contributed by atoms with E-state index in [0.717, 1.165) is 16.6 Å². The van der Waals surface area contributed by atoms with Gasteiger partial charge in [-0.1, -0.05) is 24.3 Å². The normalized spacial score (nSPS) is 12.4. The molecule has 0 spiro atoms. The van der Waals surface area contributed by atoms with Gasteiger partial charge < -0.3 is 10.1 Å². The van der Waals surface area contributed by atoms with Crippen LogP contribution in [-0.4, -0.2) is 16.1 Å². The maximum Gasteiger partial charge on any atom is 0.328 e. The number of allylic oxidation sites excluding steroid dienone is 2. The molecule has 0 aliphatic rings. The average Bonchev–Trinajstić information content (AvgIpc) is 2.68. The Morgan fingerprint density at radius 1 is 1.35 bits per heavy atom. The minimum Gasteiger partial charge on any atom is -0.478 e. The molecule has 0 aliphatic carbocycles. The van der Waals surface area contributed by atoms with E-state index in [2.05, 4.69) is 4.98 Å². The number of carbonyl (C=O) groups is 1. The Morgan fingerprint density at radius 3 is 2.82 bits per heavy atom. The van der Waals surface area contributed by atoms with E-state index in [1.54, 1.807) is 13.0 Å². The summed E-state index contributed by atoms with van der Waals surface area (Å²) in [6.07, 6.45) is 4.83. The summed E-state index contributed by atoms with van der Waals surface area (Å²) in [5.41, 5.74) is 2.74. The zero-order valence-corrected chi connectivity index (χ0v) is 9.47. The van der Waals surface area contributed by atoms with Crippen LogP contribution in [0.2, 0.25) is 0 Å². The number of hydrogen-bond donors (Lipinski definition) is 2. The molecule has 2 aromatic rings. The Bertz CT molecular complexity index is 572. The molecule has 17 heavy (non-hydrogen) atoms. The van der Waals surface area contributed by atoms with Gasteiger partial charge in [0, 0.05) is 17.3 Å². The van der Waals surface area contributed by atoms with Crippen LogP contribution < -0.4 is 0 Å². The van der Waals surface area contributed by atoms with E-state index in [-0.39, 0.29) is 0 Å². The van der Waals surface area contributed by atoms with E-state index in [4.69, 9.17) is 5.11 Å². The molecule has 0 saturated heterocycles. The van der Waals surface area contributed by atoms with Crippen molar-refractivity contribution in [3.8, 4) is 0 Å². The van der Waals surface area contributed by atoms with Crippen molar-refractivity contribution in [2.75, 3.05) is 0 Å². The van der Waals surface area contributed by atoms with Crippen molar-refractivity contribution in [3.05, 3.63) is 53.8 Å². The fourth-order valence-electron chi connectivity index (χ4n) is 1.65. The second-order valence-electron chi connectivity index (χ2n) is 3.87. The Kier molecular flexibility index (Phi) is 3.10. The zero-order chi connectivity index (χ0) is 12.3. The molecule has 0 fully saturated rings. The van der Waals surface area contributed by atoms with E-state index < -0.39 is 5.97 Å². The number of fused-ring (bicyclic) bond motifs is 1. The maximum atomic E-state index is 10.4. The first kappa shape index (κ1) is 11.2.